The van der Waals surface area contributed by atoms with Gasteiger partial charge in [0.25, 0.3) is 0 Å². The molecule has 0 aromatic rings. The lowest BCUT2D eigenvalue weighted by atomic mass is 10.1. The SMILES string of the molecule is O=C(O)C(O)CCC/C=C\CCCCCCCCCCCO. The molecule has 1 unspecified atom stereocenters. The average molecular weight is 314 g/mol. The summed E-state index contributed by atoms with van der Waals surface area (Å²) in [4.78, 5) is 10.4. The van der Waals surface area contributed by atoms with Crippen molar-refractivity contribution in [3.05, 3.63) is 12.2 Å². The largest absolute Gasteiger partial charge is 0.479 e. The first-order valence-electron chi connectivity index (χ1n) is 8.85. The maximum atomic E-state index is 10.4. The molecular weight excluding hydrogens is 280 g/mol. The monoisotopic (exact) mass is 314 g/mol. The molecule has 0 aliphatic carbocycles. The Labute approximate surface area is 135 Å². The first-order valence-corrected chi connectivity index (χ1v) is 8.85. The van der Waals surface area contributed by atoms with Crippen LogP contribution in [-0.2, 0) is 4.79 Å². The Morgan fingerprint density at radius 2 is 1.23 bits per heavy atom. The average Bonchev–Trinajstić information content (AvgIpc) is 2.50. The quantitative estimate of drug-likeness (QED) is 0.297. The molecular formula is C18H34O4. The Kier molecular flexibility index (Phi) is 15.8. The zero-order valence-electron chi connectivity index (χ0n) is 13.9. The van der Waals surface area contributed by atoms with Crippen LogP contribution < -0.4 is 0 Å². The zero-order valence-corrected chi connectivity index (χ0v) is 13.9. The Hall–Kier alpha value is -0.870. The molecule has 0 heterocycles. The van der Waals surface area contributed by atoms with Crippen LogP contribution in [0.1, 0.15) is 83.5 Å². The van der Waals surface area contributed by atoms with E-state index in [0.717, 1.165) is 32.1 Å². The van der Waals surface area contributed by atoms with E-state index in [2.05, 4.69) is 12.2 Å². The van der Waals surface area contributed by atoms with Crippen LogP contribution in [0.25, 0.3) is 0 Å². The van der Waals surface area contributed by atoms with E-state index in [1.54, 1.807) is 0 Å². The Bertz CT molecular complexity index is 276. The number of aliphatic hydroxyl groups excluding tert-OH is 2. The van der Waals surface area contributed by atoms with E-state index in [-0.39, 0.29) is 0 Å². The van der Waals surface area contributed by atoms with Crippen molar-refractivity contribution in [3.8, 4) is 0 Å². The van der Waals surface area contributed by atoms with Crippen molar-refractivity contribution in [2.75, 3.05) is 6.61 Å². The number of carboxylic acids is 1. The van der Waals surface area contributed by atoms with Gasteiger partial charge in [0.2, 0.25) is 0 Å². The predicted molar refractivity (Wildman–Crippen MR) is 89.9 cm³/mol. The second kappa shape index (κ2) is 16.5. The molecule has 0 rings (SSSR count). The highest BCUT2D eigenvalue weighted by Gasteiger charge is 2.10. The minimum absolute atomic E-state index is 0.327. The second-order valence-corrected chi connectivity index (χ2v) is 5.95. The molecule has 4 heteroatoms. The molecule has 4 nitrogen and oxygen atoms in total. The highest BCUT2D eigenvalue weighted by atomic mass is 16.4. The van der Waals surface area contributed by atoms with Crippen molar-refractivity contribution in [2.45, 2.75) is 89.6 Å². The molecule has 0 fully saturated rings. The molecule has 0 aliphatic rings. The van der Waals surface area contributed by atoms with Gasteiger partial charge in [0, 0.05) is 6.61 Å². The third-order valence-corrected chi connectivity index (χ3v) is 3.83. The normalized spacial score (nSPS) is 12.8. The van der Waals surface area contributed by atoms with Gasteiger partial charge < -0.3 is 15.3 Å². The summed E-state index contributed by atoms with van der Waals surface area (Å²) in [6, 6.07) is 0. The summed E-state index contributed by atoms with van der Waals surface area (Å²) < 4.78 is 0. The fourth-order valence-corrected chi connectivity index (χ4v) is 2.40. The summed E-state index contributed by atoms with van der Waals surface area (Å²) in [7, 11) is 0. The first-order chi connectivity index (χ1) is 10.7. The summed E-state index contributed by atoms with van der Waals surface area (Å²) in [6.45, 7) is 0.327. The number of allylic oxidation sites excluding steroid dienone is 2. The van der Waals surface area contributed by atoms with E-state index < -0.39 is 12.1 Å². The molecule has 0 amide bonds. The van der Waals surface area contributed by atoms with E-state index in [1.165, 1.54) is 44.9 Å². The molecule has 22 heavy (non-hydrogen) atoms. The van der Waals surface area contributed by atoms with Gasteiger partial charge in [-0.05, 0) is 38.5 Å². The number of unbranched alkanes of at least 4 members (excludes halogenated alkanes) is 10. The number of rotatable bonds is 16. The van der Waals surface area contributed by atoms with Gasteiger partial charge >= 0.3 is 5.97 Å². The van der Waals surface area contributed by atoms with Crippen molar-refractivity contribution in [2.24, 2.45) is 0 Å². The van der Waals surface area contributed by atoms with Crippen molar-refractivity contribution in [3.63, 3.8) is 0 Å². The van der Waals surface area contributed by atoms with E-state index in [0.29, 0.717) is 13.0 Å². The number of aliphatic hydroxyl groups is 2. The number of carboxylic acid groups (broad SMARTS) is 1. The van der Waals surface area contributed by atoms with Crippen LogP contribution in [0.2, 0.25) is 0 Å². The van der Waals surface area contributed by atoms with Crippen molar-refractivity contribution >= 4 is 5.97 Å². The molecule has 0 aromatic carbocycles. The second-order valence-electron chi connectivity index (χ2n) is 5.95. The van der Waals surface area contributed by atoms with Crippen LogP contribution in [0.4, 0.5) is 0 Å². The van der Waals surface area contributed by atoms with Gasteiger partial charge in [0.1, 0.15) is 0 Å². The molecule has 3 N–H and O–H groups in total. The number of hydrogen-bond acceptors (Lipinski definition) is 3. The summed E-state index contributed by atoms with van der Waals surface area (Å²) >= 11 is 0. The molecule has 0 aromatic heterocycles. The summed E-state index contributed by atoms with van der Waals surface area (Å²) in [6.07, 6.45) is 17.1. The van der Waals surface area contributed by atoms with Crippen LogP contribution in [0.5, 0.6) is 0 Å². The smallest absolute Gasteiger partial charge is 0.332 e. The maximum absolute atomic E-state index is 10.4. The summed E-state index contributed by atoms with van der Waals surface area (Å²) in [5.41, 5.74) is 0. The molecule has 0 bridgehead atoms. The number of aliphatic carboxylic acids is 1. The van der Waals surface area contributed by atoms with Crippen LogP contribution in [0.15, 0.2) is 12.2 Å². The minimum atomic E-state index is -1.21. The Morgan fingerprint density at radius 3 is 1.73 bits per heavy atom. The molecule has 0 saturated carbocycles. The molecule has 1 atom stereocenters. The van der Waals surface area contributed by atoms with Gasteiger partial charge in [-0.3, -0.25) is 0 Å². The van der Waals surface area contributed by atoms with E-state index in [9.17, 15) is 4.79 Å². The van der Waals surface area contributed by atoms with Gasteiger partial charge in [-0.15, -0.1) is 0 Å². The molecule has 0 saturated heterocycles. The maximum Gasteiger partial charge on any atom is 0.332 e. The minimum Gasteiger partial charge on any atom is -0.479 e. The Balaban J connectivity index is 3.16. The van der Waals surface area contributed by atoms with Gasteiger partial charge in [0.15, 0.2) is 6.10 Å². The van der Waals surface area contributed by atoms with Gasteiger partial charge in [-0.25, -0.2) is 4.79 Å². The standard InChI is InChI=1S/C18H34O4/c19-16-14-12-10-8-6-4-2-1-3-5-7-9-11-13-15-17(20)18(21)22/h7,9,17,19-20H,1-6,8,10-16H2,(H,21,22)/b9-7-. The third-order valence-electron chi connectivity index (χ3n) is 3.83. The Morgan fingerprint density at radius 1 is 0.773 bits per heavy atom. The third kappa shape index (κ3) is 15.5. The lowest BCUT2D eigenvalue weighted by Gasteiger charge is -2.02. The molecule has 0 aliphatic heterocycles. The lowest BCUT2D eigenvalue weighted by molar-refractivity contribution is -0.146. The zero-order chi connectivity index (χ0) is 16.5. The van der Waals surface area contributed by atoms with Crippen molar-refractivity contribution in [1.82, 2.24) is 0 Å². The van der Waals surface area contributed by atoms with E-state index in [1.807, 2.05) is 0 Å². The van der Waals surface area contributed by atoms with Crippen molar-refractivity contribution in [1.29, 1.82) is 0 Å². The highest BCUT2D eigenvalue weighted by molar-refractivity contribution is 5.71. The van der Waals surface area contributed by atoms with Crippen LogP contribution in [-0.4, -0.2) is 34.0 Å². The molecule has 130 valence electrons. The number of hydrogen-bond donors (Lipinski definition) is 3. The fraction of sp³-hybridized carbons (Fsp3) is 0.833. The topological polar surface area (TPSA) is 77.8 Å². The van der Waals surface area contributed by atoms with Crippen molar-refractivity contribution < 1.29 is 20.1 Å². The lowest BCUT2D eigenvalue weighted by Crippen LogP contribution is -2.18. The summed E-state index contributed by atoms with van der Waals surface area (Å²) in [5.74, 6) is -1.13. The van der Waals surface area contributed by atoms with E-state index in [4.69, 9.17) is 15.3 Å². The van der Waals surface area contributed by atoms with Crippen LogP contribution in [0, 0.1) is 0 Å². The predicted octanol–water partition coefficient (Wildman–Crippen LogP) is 4.05. The number of carbonyl (C=O) groups is 1. The van der Waals surface area contributed by atoms with Gasteiger partial charge in [0.05, 0.1) is 0 Å². The van der Waals surface area contributed by atoms with E-state index >= 15 is 0 Å². The van der Waals surface area contributed by atoms with Crippen LogP contribution >= 0.6 is 0 Å². The molecule has 0 spiro atoms. The first kappa shape index (κ1) is 21.1. The van der Waals surface area contributed by atoms with Crippen LogP contribution in [0.3, 0.4) is 0 Å². The summed E-state index contributed by atoms with van der Waals surface area (Å²) in [5, 5.41) is 26.3. The molecule has 0 radical (unpaired) electrons. The highest BCUT2D eigenvalue weighted by Crippen LogP contribution is 2.11. The fourth-order valence-electron chi connectivity index (χ4n) is 2.40. The van der Waals surface area contributed by atoms with Gasteiger partial charge in [-0.1, -0.05) is 57.1 Å². The van der Waals surface area contributed by atoms with Gasteiger partial charge in [-0.2, -0.15) is 0 Å².